The standard InChI is InChI=1S/C23H34N4O5/c1-16(2)20-11-19(24-32-20)23(30)27-13-18(31-15-17-6-7-17)12-26(22(29)14-27)10-4-9-25-8-3-5-21(25)28/h11,16-18H,3-10,12-15H2,1-2H3. The van der Waals surface area contributed by atoms with Crippen LogP contribution in [0.1, 0.15) is 68.1 Å². The van der Waals surface area contributed by atoms with Gasteiger partial charge in [0.2, 0.25) is 11.8 Å². The third-order valence-electron chi connectivity index (χ3n) is 6.42. The molecule has 9 nitrogen and oxygen atoms in total. The Morgan fingerprint density at radius 1 is 1.19 bits per heavy atom. The Morgan fingerprint density at radius 2 is 1.97 bits per heavy atom. The summed E-state index contributed by atoms with van der Waals surface area (Å²) in [5.74, 6) is 1.16. The smallest absolute Gasteiger partial charge is 0.276 e. The van der Waals surface area contributed by atoms with Gasteiger partial charge in [-0.2, -0.15) is 0 Å². The van der Waals surface area contributed by atoms with Crippen LogP contribution in [0.25, 0.3) is 0 Å². The molecule has 1 saturated carbocycles. The molecule has 3 heterocycles. The number of aromatic nitrogens is 1. The van der Waals surface area contributed by atoms with Crippen LogP contribution in [0, 0.1) is 5.92 Å². The highest BCUT2D eigenvalue weighted by Gasteiger charge is 2.34. The van der Waals surface area contributed by atoms with Gasteiger partial charge in [0.05, 0.1) is 6.10 Å². The predicted octanol–water partition coefficient (Wildman–Crippen LogP) is 1.89. The van der Waals surface area contributed by atoms with Gasteiger partial charge in [-0.15, -0.1) is 0 Å². The lowest BCUT2D eigenvalue weighted by Crippen LogP contribution is -2.40. The normalized spacial score (nSPS) is 22.2. The first kappa shape index (κ1) is 22.8. The molecule has 1 unspecified atom stereocenters. The fourth-order valence-electron chi connectivity index (χ4n) is 4.23. The first-order valence-electron chi connectivity index (χ1n) is 11.8. The third-order valence-corrected chi connectivity index (χ3v) is 6.42. The molecule has 32 heavy (non-hydrogen) atoms. The van der Waals surface area contributed by atoms with E-state index in [4.69, 9.17) is 9.26 Å². The lowest BCUT2D eigenvalue weighted by Gasteiger charge is -2.25. The number of hydrogen-bond acceptors (Lipinski definition) is 6. The highest BCUT2D eigenvalue weighted by atomic mass is 16.5. The van der Waals surface area contributed by atoms with Gasteiger partial charge in [0.1, 0.15) is 12.3 Å². The molecule has 3 aliphatic rings. The maximum atomic E-state index is 13.1. The molecule has 0 bridgehead atoms. The van der Waals surface area contributed by atoms with Gasteiger partial charge in [0, 0.05) is 57.7 Å². The van der Waals surface area contributed by atoms with Gasteiger partial charge in [-0.1, -0.05) is 19.0 Å². The summed E-state index contributed by atoms with van der Waals surface area (Å²) in [6.07, 6.45) is 4.38. The van der Waals surface area contributed by atoms with E-state index in [9.17, 15) is 14.4 Å². The van der Waals surface area contributed by atoms with Gasteiger partial charge < -0.3 is 24.0 Å². The van der Waals surface area contributed by atoms with E-state index in [-0.39, 0.29) is 42.0 Å². The van der Waals surface area contributed by atoms with Crippen LogP contribution in [0.4, 0.5) is 0 Å². The molecule has 0 radical (unpaired) electrons. The largest absolute Gasteiger partial charge is 0.374 e. The molecule has 176 valence electrons. The van der Waals surface area contributed by atoms with E-state index in [2.05, 4.69) is 5.16 Å². The molecule has 0 aromatic carbocycles. The van der Waals surface area contributed by atoms with Crippen LogP contribution in [-0.4, -0.2) is 89.6 Å². The summed E-state index contributed by atoms with van der Waals surface area (Å²) in [5, 5.41) is 3.93. The van der Waals surface area contributed by atoms with Crippen molar-refractivity contribution in [1.29, 1.82) is 0 Å². The Labute approximate surface area is 189 Å². The van der Waals surface area contributed by atoms with Crippen molar-refractivity contribution in [2.45, 2.75) is 58.0 Å². The van der Waals surface area contributed by atoms with E-state index in [0.29, 0.717) is 50.9 Å². The molecule has 3 amide bonds. The van der Waals surface area contributed by atoms with Crippen molar-refractivity contribution >= 4 is 17.7 Å². The van der Waals surface area contributed by atoms with E-state index >= 15 is 0 Å². The lowest BCUT2D eigenvalue weighted by molar-refractivity contribution is -0.131. The van der Waals surface area contributed by atoms with E-state index < -0.39 is 0 Å². The lowest BCUT2D eigenvalue weighted by atomic mass is 10.1. The molecule has 0 spiro atoms. The minimum absolute atomic E-state index is 0.00532. The second-order valence-electron chi connectivity index (χ2n) is 9.53. The number of rotatable bonds is 9. The van der Waals surface area contributed by atoms with Crippen LogP contribution < -0.4 is 0 Å². The zero-order valence-electron chi connectivity index (χ0n) is 19.1. The number of amides is 3. The minimum Gasteiger partial charge on any atom is -0.374 e. The van der Waals surface area contributed by atoms with Crippen molar-refractivity contribution in [2.24, 2.45) is 5.92 Å². The molecular weight excluding hydrogens is 412 g/mol. The van der Waals surface area contributed by atoms with Gasteiger partial charge in [0.25, 0.3) is 5.91 Å². The highest BCUT2D eigenvalue weighted by Crippen LogP contribution is 2.29. The highest BCUT2D eigenvalue weighted by molar-refractivity contribution is 5.95. The van der Waals surface area contributed by atoms with Gasteiger partial charge in [-0.25, -0.2) is 0 Å². The molecule has 1 aromatic heterocycles. The molecular formula is C23H34N4O5. The van der Waals surface area contributed by atoms with Crippen LogP contribution in [-0.2, 0) is 14.3 Å². The molecule has 1 atom stereocenters. The Kier molecular flexibility index (Phi) is 7.13. The minimum atomic E-state index is -0.307. The quantitative estimate of drug-likeness (QED) is 0.575. The van der Waals surface area contributed by atoms with Gasteiger partial charge >= 0.3 is 0 Å². The number of nitrogens with zero attached hydrogens (tertiary/aromatic N) is 4. The number of carbonyl (C=O) groups excluding carboxylic acids is 3. The van der Waals surface area contributed by atoms with Gasteiger partial charge in [-0.3, -0.25) is 14.4 Å². The maximum absolute atomic E-state index is 13.1. The molecule has 1 aromatic rings. The van der Waals surface area contributed by atoms with Crippen LogP contribution in [0.5, 0.6) is 0 Å². The zero-order chi connectivity index (χ0) is 22.7. The Morgan fingerprint density at radius 3 is 2.62 bits per heavy atom. The second kappa shape index (κ2) is 10.0. The first-order chi connectivity index (χ1) is 15.4. The Balaban J connectivity index is 1.40. The molecule has 4 rings (SSSR count). The predicted molar refractivity (Wildman–Crippen MR) is 116 cm³/mol. The number of hydrogen-bond donors (Lipinski definition) is 0. The summed E-state index contributed by atoms with van der Waals surface area (Å²) >= 11 is 0. The van der Waals surface area contributed by atoms with Crippen LogP contribution in [0.15, 0.2) is 10.6 Å². The van der Waals surface area contributed by atoms with E-state index in [1.807, 2.05) is 18.7 Å². The fraction of sp³-hybridized carbons (Fsp3) is 0.739. The summed E-state index contributed by atoms with van der Waals surface area (Å²) in [6, 6.07) is 1.66. The van der Waals surface area contributed by atoms with Crippen LogP contribution in [0.3, 0.4) is 0 Å². The topological polar surface area (TPSA) is 96.2 Å². The van der Waals surface area contributed by atoms with Gasteiger partial charge in [0.15, 0.2) is 5.69 Å². The zero-order valence-corrected chi connectivity index (χ0v) is 19.1. The van der Waals surface area contributed by atoms with E-state index in [1.165, 1.54) is 17.7 Å². The summed E-state index contributed by atoms with van der Waals surface area (Å²) in [6.45, 7) is 7.43. The summed E-state index contributed by atoms with van der Waals surface area (Å²) in [5.41, 5.74) is 0.225. The Hall–Kier alpha value is -2.42. The average Bonchev–Trinajstić information content (AvgIpc) is 3.34. The SMILES string of the molecule is CC(C)c1cc(C(=O)N2CC(=O)N(CCCN3CCCC3=O)CC(OCC3CC3)C2)no1. The average molecular weight is 447 g/mol. The third kappa shape index (κ3) is 5.68. The molecule has 0 N–H and O–H groups in total. The van der Waals surface area contributed by atoms with Crippen LogP contribution in [0.2, 0.25) is 0 Å². The van der Waals surface area contributed by atoms with Crippen molar-refractivity contribution in [3.63, 3.8) is 0 Å². The second-order valence-corrected chi connectivity index (χ2v) is 9.53. The fourth-order valence-corrected chi connectivity index (χ4v) is 4.23. The molecule has 3 fully saturated rings. The van der Waals surface area contributed by atoms with Gasteiger partial charge in [-0.05, 0) is 31.6 Å². The Bertz CT molecular complexity index is 834. The molecule has 2 aliphatic heterocycles. The van der Waals surface area contributed by atoms with Crippen molar-refractivity contribution in [3.05, 3.63) is 17.5 Å². The number of ether oxygens (including phenoxy) is 1. The number of likely N-dealkylation sites (tertiary alicyclic amines) is 1. The maximum Gasteiger partial charge on any atom is 0.276 e. The van der Waals surface area contributed by atoms with Crippen molar-refractivity contribution in [1.82, 2.24) is 19.9 Å². The summed E-state index contributed by atoms with van der Waals surface area (Å²) < 4.78 is 11.4. The summed E-state index contributed by atoms with van der Waals surface area (Å²) in [7, 11) is 0. The van der Waals surface area contributed by atoms with E-state index in [1.54, 1.807) is 11.0 Å². The molecule has 1 aliphatic carbocycles. The van der Waals surface area contributed by atoms with E-state index in [0.717, 1.165) is 19.4 Å². The van der Waals surface area contributed by atoms with Crippen LogP contribution >= 0.6 is 0 Å². The summed E-state index contributed by atoms with van der Waals surface area (Å²) in [4.78, 5) is 43.1. The molecule has 2 saturated heterocycles. The van der Waals surface area contributed by atoms with Crippen molar-refractivity contribution in [2.75, 3.05) is 45.9 Å². The van der Waals surface area contributed by atoms with Crippen molar-refractivity contribution in [3.8, 4) is 0 Å². The van der Waals surface area contributed by atoms with Crippen molar-refractivity contribution < 1.29 is 23.6 Å². The number of carbonyl (C=O) groups is 3. The first-order valence-corrected chi connectivity index (χ1v) is 11.8. The molecule has 9 heteroatoms. The monoisotopic (exact) mass is 446 g/mol.